The van der Waals surface area contributed by atoms with Gasteiger partial charge in [-0.3, -0.25) is 9.59 Å². The van der Waals surface area contributed by atoms with Gasteiger partial charge in [-0.1, -0.05) is 0 Å². The third-order valence-electron chi connectivity index (χ3n) is 4.22. The lowest BCUT2D eigenvalue weighted by Gasteiger charge is -2.20. The summed E-state index contributed by atoms with van der Waals surface area (Å²) in [5, 5.41) is 0. The highest BCUT2D eigenvalue weighted by molar-refractivity contribution is 5.94. The maximum absolute atomic E-state index is 12.6. The standard InChI is InChI=1S/C20H27NO6/c1-5-27-19(23)13-21(12-14-6-7-14)18(22)9-8-15-10-16(24-2)20(26-4)17(11-15)25-3/h8-11,14H,5-7,12-13H2,1-4H3. The zero-order valence-electron chi connectivity index (χ0n) is 16.3. The predicted octanol–water partition coefficient (Wildman–Crippen LogP) is 2.53. The number of nitrogens with zero attached hydrogens (tertiary/aromatic N) is 1. The molecule has 148 valence electrons. The van der Waals surface area contributed by atoms with Gasteiger partial charge < -0.3 is 23.8 Å². The Morgan fingerprint density at radius 2 is 1.74 bits per heavy atom. The molecule has 0 atom stereocenters. The monoisotopic (exact) mass is 377 g/mol. The topological polar surface area (TPSA) is 74.3 Å². The van der Waals surface area contributed by atoms with Crippen molar-refractivity contribution in [1.29, 1.82) is 0 Å². The quantitative estimate of drug-likeness (QED) is 0.461. The van der Waals surface area contributed by atoms with Crippen LogP contribution in [0.3, 0.4) is 0 Å². The molecular formula is C20H27NO6. The van der Waals surface area contributed by atoms with E-state index >= 15 is 0 Å². The smallest absolute Gasteiger partial charge is 0.325 e. The third-order valence-corrected chi connectivity index (χ3v) is 4.22. The zero-order valence-corrected chi connectivity index (χ0v) is 16.3. The average molecular weight is 377 g/mol. The Morgan fingerprint density at radius 1 is 1.11 bits per heavy atom. The molecule has 0 aromatic heterocycles. The lowest BCUT2D eigenvalue weighted by Crippen LogP contribution is -2.36. The lowest BCUT2D eigenvalue weighted by molar-refractivity contribution is -0.147. The minimum Gasteiger partial charge on any atom is -0.493 e. The molecule has 2 rings (SSSR count). The van der Waals surface area contributed by atoms with E-state index in [0.717, 1.165) is 18.4 Å². The molecular weight excluding hydrogens is 350 g/mol. The molecule has 1 fully saturated rings. The molecule has 1 saturated carbocycles. The molecule has 0 bridgehead atoms. The summed E-state index contributed by atoms with van der Waals surface area (Å²) in [5.74, 6) is 1.34. The Hall–Kier alpha value is -2.70. The summed E-state index contributed by atoms with van der Waals surface area (Å²) in [5.41, 5.74) is 0.723. The summed E-state index contributed by atoms with van der Waals surface area (Å²) < 4.78 is 20.9. The molecule has 1 aliphatic carbocycles. The van der Waals surface area contributed by atoms with E-state index in [4.69, 9.17) is 18.9 Å². The summed E-state index contributed by atoms with van der Waals surface area (Å²) in [4.78, 5) is 25.9. The van der Waals surface area contributed by atoms with Crippen LogP contribution in [-0.2, 0) is 14.3 Å². The van der Waals surface area contributed by atoms with Crippen molar-refractivity contribution in [1.82, 2.24) is 4.90 Å². The molecule has 0 aliphatic heterocycles. The van der Waals surface area contributed by atoms with Crippen LogP contribution in [0.4, 0.5) is 0 Å². The number of methoxy groups -OCH3 is 3. The van der Waals surface area contributed by atoms with E-state index in [1.54, 1.807) is 25.1 Å². The molecule has 1 amide bonds. The lowest BCUT2D eigenvalue weighted by atomic mass is 10.1. The van der Waals surface area contributed by atoms with E-state index in [2.05, 4.69) is 0 Å². The highest BCUT2D eigenvalue weighted by atomic mass is 16.5. The van der Waals surface area contributed by atoms with E-state index < -0.39 is 5.97 Å². The van der Waals surface area contributed by atoms with Crippen LogP contribution in [0.1, 0.15) is 25.3 Å². The Balaban J connectivity index is 2.15. The maximum Gasteiger partial charge on any atom is 0.325 e. The van der Waals surface area contributed by atoms with Crippen molar-refractivity contribution in [3.63, 3.8) is 0 Å². The first-order chi connectivity index (χ1) is 13.0. The van der Waals surface area contributed by atoms with E-state index in [-0.39, 0.29) is 12.5 Å². The second-order valence-corrected chi connectivity index (χ2v) is 6.26. The van der Waals surface area contributed by atoms with Gasteiger partial charge in [0.2, 0.25) is 11.7 Å². The molecule has 27 heavy (non-hydrogen) atoms. The van der Waals surface area contributed by atoms with Crippen LogP contribution >= 0.6 is 0 Å². The first kappa shape index (κ1) is 20.6. The second-order valence-electron chi connectivity index (χ2n) is 6.26. The van der Waals surface area contributed by atoms with Gasteiger partial charge in [0.05, 0.1) is 27.9 Å². The van der Waals surface area contributed by atoms with Crippen LogP contribution in [0.5, 0.6) is 17.2 Å². The highest BCUT2D eigenvalue weighted by Crippen LogP contribution is 2.38. The minimum atomic E-state index is -0.396. The first-order valence-corrected chi connectivity index (χ1v) is 8.95. The molecule has 0 heterocycles. The van der Waals surface area contributed by atoms with Gasteiger partial charge in [0.15, 0.2) is 11.5 Å². The van der Waals surface area contributed by atoms with Gasteiger partial charge >= 0.3 is 5.97 Å². The summed E-state index contributed by atoms with van der Waals surface area (Å²) in [6, 6.07) is 3.50. The van der Waals surface area contributed by atoms with Crippen molar-refractivity contribution in [2.24, 2.45) is 5.92 Å². The van der Waals surface area contributed by atoms with Crippen molar-refractivity contribution in [2.45, 2.75) is 19.8 Å². The molecule has 1 aliphatic rings. The Morgan fingerprint density at radius 3 is 2.22 bits per heavy atom. The van der Waals surface area contributed by atoms with Crippen LogP contribution in [-0.4, -0.2) is 57.8 Å². The minimum absolute atomic E-state index is 0.0389. The number of esters is 1. The fourth-order valence-electron chi connectivity index (χ4n) is 2.68. The number of carbonyl (C=O) groups is 2. The fraction of sp³-hybridized carbons (Fsp3) is 0.500. The Labute approximate surface area is 159 Å². The number of amides is 1. The first-order valence-electron chi connectivity index (χ1n) is 8.95. The number of hydrogen-bond acceptors (Lipinski definition) is 6. The van der Waals surface area contributed by atoms with Gasteiger partial charge in [-0.2, -0.15) is 0 Å². The van der Waals surface area contributed by atoms with Gasteiger partial charge in [-0.25, -0.2) is 0 Å². The largest absolute Gasteiger partial charge is 0.493 e. The van der Waals surface area contributed by atoms with E-state index in [1.807, 2.05) is 0 Å². The number of benzene rings is 1. The molecule has 0 saturated heterocycles. The maximum atomic E-state index is 12.6. The van der Waals surface area contributed by atoms with Gasteiger partial charge in [0.1, 0.15) is 6.54 Å². The van der Waals surface area contributed by atoms with Crippen molar-refractivity contribution in [3.8, 4) is 17.2 Å². The van der Waals surface area contributed by atoms with Crippen molar-refractivity contribution >= 4 is 18.0 Å². The zero-order chi connectivity index (χ0) is 19.8. The second kappa shape index (κ2) is 9.85. The van der Waals surface area contributed by atoms with Gasteiger partial charge in [0.25, 0.3) is 0 Å². The summed E-state index contributed by atoms with van der Waals surface area (Å²) in [6.45, 7) is 2.57. The number of rotatable bonds is 10. The number of hydrogen-bond donors (Lipinski definition) is 0. The Bertz CT molecular complexity index is 671. The van der Waals surface area contributed by atoms with Gasteiger partial charge in [-0.15, -0.1) is 0 Å². The van der Waals surface area contributed by atoms with Gasteiger partial charge in [0, 0.05) is 12.6 Å². The molecule has 1 aromatic rings. The molecule has 0 radical (unpaired) electrons. The molecule has 0 unspecified atom stereocenters. The number of ether oxygens (including phenoxy) is 4. The summed E-state index contributed by atoms with van der Waals surface area (Å²) >= 11 is 0. The fourth-order valence-corrected chi connectivity index (χ4v) is 2.68. The molecule has 7 nitrogen and oxygen atoms in total. The van der Waals surface area contributed by atoms with Crippen molar-refractivity contribution in [2.75, 3.05) is 41.0 Å². The van der Waals surface area contributed by atoms with Crippen LogP contribution in [0.2, 0.25) is 0 Å². The SMILES string of the molecule is CCOC(=O)CN(CC1CC1)C(=O)C=Cc1cc(OC)c(OC)c(OC)c1. The van der Waals surface area contributed by atoms with E-state index in [0.29, 0.717) is 36.3 Å². The highest BCUT2D eigenvalue weighted by Gasteiger charge is 2.27. The van der Waals surface area contributed by atoms with Gasteiger partial charge in [-0.05, 0) is 49.5 Å². The van der Waals surface area contributed by atoms with E-state index in [9.17, 15) is 9.59 Å². The van der Waals surface area contributed by atoms with Crippen LogP contribution in [0.15, 0.2) is 18.2 Å². The average Bonchev–Trinajstić information content (AvgIpc) is 3.48. The predicted molar refractivity (Wildman–Crippen MR) is 101 cm³/mol. The molecule has 1 aromatic carbocycles. The van der Waals surface area contributed by atoms with Crippen molar-refractivity contribution < 1.29 is 28.5 Å². The Kier molecular flexibility index (Phi) is 7.52. The van der Waals surface area contributed by atoms with Crippen LogP contribution in [0.25, 0.3) is 6.08 Å². The number of carbonyl (C=O) groups excluding carboxylic acids is 2. The van der Waals surface area contributed by atoms with Crippen LogP contribution < -0.4 is 14.2 Å². The molecule has 7 heteroatoms. The van der Waals surface area contributed by atoms with E-state index in [1.165, 1.54) is 32.3 Å². The molecule has 0 N–H and O–H groups in total. The normalized spacial score (nSPS) is 13.3. The summed E-state index contributed by atoms with van der Waals surface area (Å²) in [6.07, 6.45) is 5.28. The van der Waals surface area contributed by atoms with Crippen molar-refractivity contribution in [3.05, 3.63) is 23.8 Å². The van der Waals surface area contributed by atoms with Crippen LogP contribution in [0, 0.1) is 5.92 Å². The molecule has 0 spiro atoms. The summed E-state index contributed by atoms with van der Waals surface area (Å²) in [7, 11) is 4.60. The third kappa shape index (κ3) is 5.91.